The van der Waals surface area contributed by atoms with E-state index in [1.807, 2.05) is 13.1 Å². The van der Waals surface area contributed by atoms with Crippen molar-refractivity contribution in [1.29, 1.82) is 5.26 Å². The zero-order chi connectivity index (χ0) is 12.8. The monoisotopic (exact) mass is 244 g/mol. The fraction of sp³-hybridized carbons (Fsp3) is 0.571. The molecule has 96 valence electrons. The van der Waals surface area contributed by atoms with Crippen molar-refractivity contribution in [3.63, 3.8) is 0 Å². The Morgan fingerprint density at radius 3 is 2.89 bits per heavy atom. The Labute approximate surface area is 109 Å². The van der Waals surface area contributed by atoms with Crippen LogP contribution in [-0.4, -0.2) is 43.1 Å². The zero-order valence-electron chi connectivity index (χ0n) is 11.0. The summed E-state index contributed by atoms with van der Waals surface area (Å²) in [5.41, 5.74) is 0.671. The fourth-order valence-electron chi connectivity index (χ4n) is 2.29. The van der Waals surface area contributed by atoms with Crippen LogP contribution in [0.5, 0.6) is 0 Å². The Morgan fingerprint density at radius 1 is 1.39 bits per heavy atom. The second kappa shape index (κ2) is 6.36. The first-order valence-electron chi connectivity index (χ1n) is 6.59. The van der Waals surface area contributed by atoms with Gasteiger partial charge < -0.3 is 9.80 Å². The van der Waals surface area contributed by atoms with Crippen LogP contribution in [0.4, 0.5) is 5.82 Å². The molecule has 0 aromatic carbocycles. The smallest absolute Gasteiger partial charge is 0.129 e. The van der Waals surface area contributed by atoms with E-state index in [4.69, 9.17) is 5.26 Å². The van der Waals surface area contributed by atoms with Gasteiger partial charge in [0.05, 0.1) is 11.6 Å². The van der Waals surface area contributed by atoms with Gasteiger partial charge in [-0.1, -0.05) is 6.42 Å². The molecule has 0 unspecified atom stereocenters. The molecule has 0 bridgehead atoms. The molecule has 0 amide bonds. The maximum atomic E-state index is 8.87. The lowest BCUT2D eigenvalue weighted by atomic mass is 10.1. The van der Waals surface area contributed by atoms with Crippen molar-refractivity contribution in [3.05, 3.63) is 23.9 Å². The first-order valence-corrected chi connectivity index (χ1v) is 6.59. The summed E-state index contributed by atoms with van der Waals surface area (Å²) in [5, 5.41) is 8.87. The summed E-state index contributed by atoms with van der Waals surface area (Å²) in [7, 11) is 2.04. The van der Waals surface area contributed by atoms with Crippen molar-refractivity contribution >= 4 is 5.82 Å². The molecule has 2 rings (SSSR count). The van der Waals surface area contributed by atoms with Crippen molar-refractivity contribution in [2.75, 3.05) is 38.1 Å². The summed E-state index contributed by atoms with van der Waals surface area (Å²) >= 11 is 0. The average molecular weight is 244 g/mol. The van der Waals surface area contributed by atoms with E-state index in [9.17, 15) is 0 Å². The van der Waals surface area contributed by atoms with Crippen molar-refractivity contribution in [1.82, 2.24) is 9.88 Å². The van der Waals surface area contributed by atoms with E-state index in [-0.39, 0.29) is 0 Å². The van der Waals surface area contributed by atoms with E-state index in [1.165, 1.54) is 32.4 Å². The van der Waals surface area contributed by atoms with Crippen LogP contribution in [0.1, 0.15) is 24.8 Å². The highest BCUT2D eigenvalue weighted by molar-refractivity contribution is 5.44. The number of aromatic nitrogens is 1. The quantitative estimate of drug-likeness (QED) is 0.811. The summed E-state index contributed by atoms with van der Waals surface area (Å²) in [6, 6.07) is 5.73. The van der Waals surface area contributed by atoms with Crippen LogP contribution in [0.3, 0.4) is 0 Å². The minimum absolute atomic E-state index is 0.671. The lowest BCUT2D eigenvalue weighted by Crippen LogP contribution is -2.36. The third-order valence-electron chi connectivity index (χ3n) is 3.47. The molecule has 1 aromatic heterocycles. The predicted molar refractivity (Wildman–Crippen MR) is 72.5 cm³/mol. The number of hydrogen-bond acceptors (Lipinski definition) is 4. The Balaban J connectivity index is 1.86. The molecule has 1 fully saturated rings. The van der Waals surface area contributed by atoms with Crippen LogP contribution in [0, 0.1) is 11.3 Å². The molecular formula is C14H20N4. The van der Waals surface area contributed by atoms with Crippen molar-refractivity contribution < 1.29 is 0 Å². The van der Waals surface area contributed by atoms with Crippen molar-refractivity contribution in [2.45, 2.75) is 19.3 Å². The highest BCUT2D eigenvalue weighted by Crippen LogP contribution is 2.12. The van der Waals surface area contributed by atoms with E-state index in [0.717, 1.165) is 18.9 Å². The number of hydrogen-bond donors (Lipinski definition) is 0. The lowest BCUT2D eigenvalue weighted by molar-refractivity contribution is 0.234. The third-order valence-corrected chi connectivity index (χ3v) is 3.47. The molecule has 0 radical (unpaired) electrons. The van der Waals surface area contributed by atoms with Gasteiger partial charge in [-0.2, -0.15) is 5.26 Å². The third kappa shape index (κ3) is 3.44. The SMILES string of the molecule is CN(CCN1CCCCC1)c1cc(C#N)ccn1. The summed E-state index contributed by atoms with van der Waals surface area (Å²) in [5.74, 6) is 0.881. The molecule has 0 spiro atoms. The topological polar surface area (TPSA) is 43.2 Å². The Hall–Kier alpha value is -1.60. The van der Waals surface area contributed by atoms with E-state index in [1.54, 1.807) is 12.3 Å². The number of likely N-dealkylation sites (N-methyl/N-ethyl adjacent to an activating group) is 1. The molecule has 1 saturated heterocycles. The number of nitrogens with zero attached hydrogens (tertiary/aromatic N) is 4. The van der Waals surface area contributed by atoms with Gasteiger partial charge in [-0.05, 0) is 38.1 Å². The molecule has 0 N–H and O–H groups in total. The van der Waals surface area contributed by atoms with Crippen molar-refractivity contribution in [2.24, 2.45) is 0 Å². The Bertz CT molecular complexity index is 418. The van der Waals surface area contributed by atoms with Gasteiger partial charge in [0.15, 0.2) is 0 Å². The van der Waals surface area contributed by atoms with Crippen LogP contribution < -0.4 is 4.90 Å². The summed E-state index contributed by atoms with van der Waals surface area (Å²) in [6.07, 6.45) is 5.72. The number of likely N-dealkylation sites (tertiary alicyclic amines) is 1. The van der Waals surface area contributed by atoms with E-state index < -0.39 is 0 Å². The molecule has 18 heavy (non-hydrogen) atoms. The highest BCUT2D eigenvalue weighted by atomic mass is 15.2. The van der Waals surface area contributed by atoms with Crippen LogP contribution in [0.25, 0.3) is 0 Å². The number of anilines is 1. The molecule has 0 atom stereocenters. The second-order valence-electron chi connectivity index (χ2n) is 4.84. The van der Waals surface area contributed by atoms with Crippen LogP contribution in [-0.2, 0) is 0 Å². The first kappa shape index (κ1) is 12.8. The van der Waals surface area contributed by atoms with Gasteiger partial charge in [0.25, 0.3) is 0 Å². The summed E-state index contributed by atoms with van der Waals surface area (Å²) in [6.45, 7) is 4.48. The Kier molecular flexibility index (Phi) is 4.54. The Morgan fingerprint density at radius 2 is 2.17 bits per heavy atom. The van der Waals surface area contributed by atoms with Gasteiger partial charge in [-0.3, -0.25) is 0 Å². The van der Waals surface area contributed by atoms with Gasteiger partial charge in [-0.25, -0.2) is 4.98 Å². The summed E-state index contributed by atoms with van der Waals surface area (Å²) < 4.78 is 0. The van der Waals surface area contributed by atoms with Crippen LogP contribution >= 0.6 is 0 Å². The van der Waals surface area contributed by atoms with Crippen LogP contribution in [0.2, 0.25) is 0 Å². The van der Waals surface area contributed by atoms with Crippen LogP contribution in [0.15, 0.2) is 18.3 Å². The van der Waals surface area contributed by atoms with Crippen molar-refractivity contribution in [3.8, 4) is 6.07 Å². The predicted octanol–water partition coefficient (Wildman–Crippen LogP) is 1.88. The van der Waals surface area contributed by atoms with Gasteiger partial charge in [0, 0.05) is 26.3 Å². The standard InChI is InChI=1S/C14H20N4/c1-17(9-10-18-7-3-2-4-8-18)14-11-13(12-15)5-6-16-14/h5-6,11H,2-4,7-10H2,1H3. The van der Waals surface area contributed by atoms with E-state index >= 15 is 0 Å². The van der Waals surface area contributed by atoms with Gasteiger partial charge in [0.1, 0.15) is 5.82 Å². The zero-order valence-corrected chi connectivity index (χ0v) is 11.0. The molecule has 0 aliphatic carbocycles. The largest absolute Gasteiger partial charge is 0.358 e. The first-order chi connectivity index (χ1) is 8.79. The maximum Gasteiger partial charge on any atom is 0.129 e. The molecule has 1 aromatic rings. The lowest BCUT2D eigenvalue weighted by Gasteiger charge is -2.28. The average Bonchev–Trinajstić information content (AvgIpc) is 2.46. The maximum absolute atomic E-state index is 8.87. The number of pyridine rings is 1. The summed E-state index contributed by atoms with van der Waals surface area (Å²) in [4.78, 5) is 8.94. The minimum Gasteiger partial charge on any atom is -0.358 e. The highest BCUT2D eigenvalue weighted by Gasteiger charge is 2.11. The molecule has 1 aliphatic heterocycles. The van der Waals surface area contributed by atoms with E-state index in [2.05, 4.69) is 20.9 Å². The molecule has 4 heteroatoms. The molecule has 2 heterocycles. The van der Waals surface area contributed by atoms with E-state index in [0.29, 0.717) is 5.56 Å². The number of rotatable bonds is 4. The second-order valence-corrected chi connectivity index (χ2v) is 4.84. The minimum atomic E-state index is 0.671. The molecule has 1 aliphatic rings. The number of piperidine rings is 1. The molecular weight excluding hydrogens is 224 g/mol. The van der Waals surface area contributed by atoms with Gasteiger partial charge >= 0.3 is 0 Å². The van der Waals surface area contributed by atoms with Gasteiger partial charge in [0.2, 0.25) is 0 Å². The fourth-order valence-corrected chi connectivity index (χ4v) is 2.29. The number of nitriles is 1. The molecule has 4 nitrogen and oxygen atoms in total. The normalized spacial score (nSPS) is 16.2. The van der Waals surface area contributed by atoms with Gasteiger partial charge in [-0.15, -0.1) is 0 Å². The molecule has 0 saturated carbocycles.